The second-order valence-corrected chi connectivity index (χ2v) is 6.63. The van der Waals surface area contributed by atoms with Crippen LogP contribution >= 0.6 is 0 Å². The lowest BCUT2D eigenvalue weighted by molar-refractivity contribution is -0.153. The number of carbonyl (C=O) groups excluding carboxylic acids is 3. The molecule has 3 heterocycles. The Labute approximate surface area is 162 Å². The second kappa shape index (κ2) is 8.16. The summed E-state index contributed by atoms with van der Waals surface area (Å²) < 4.78 is 12.6. The van der Waals surface area contributed by atoms with Crippen molar-refractivity contribution in [2.45, 2.75) is 33.4 Å². The molecule has 0 aromatic carbocycles. The van der Waals surface area contributed by atoms with Gasteiger partial charge in [-0.2, -0.15) is 0 Å². The molecule has 2 aromatic rings. The second-order valence-electron chi connectivity index (χ2n) is 6.63. The molecule has 2 aromatic heterocycles. The number of hydrogen-bond donors (Lipinski definition) is 1. The average Bonchev–Trinajstić information content (AvgIpc) is 3.37. The van der Waals surface area contributed by atoms with Crippen LogP contribution in [0.4, 0.5) is 4.79 Å². The minimum atomic E-state index is -1.03. The van der Waals surface area contributed by atoms with Gasteiger partial charge in [-0.05, 0) is 50.6 Å². The highest BCUT2D eigenvalue weighted by molar-refractivity contribution is 5.99. The van der Waals surface area contributed by atoms with E-state index < -0.39 is 24.0 Å². The number of hydrogen-bond acceptors (Lipinski definition) is 5. The lowest BCUT2D eigenvalue weighted by Crippen LogP contribution is -2.41. The molecule has 0 unspecified atom stereocenters. The van der Waals surface area contributed by atoms with Crippen LogP contribution in [0.5, 0.6) is 0 Å². The van der Waals surface area contributed by atoms with Crippen LogP contribution in [0.2, 0.25) is 0 Å². The van der Waals surface area contributed by atoms with Crippen LogP contribution in [0.25, 0.3) is 6.08 Å². The minimum Gasteiger partial charge on any atom is -0.467 e. The summed E-state index contributed by atoms with van der Waals surface area (Å²) in [6.07, 6.45) is 3.54. The molecule has 148 valence electrons. The number of nitrogens with zero attached hydrogens (tertiary/aromatic N) is 2. The Bertz CT molecular complexity index is 911. The lowest BCUT2D eigenvalue weighted by atomic mass is 10.2. The van der Waals surface area contributed by atoms with Crippen molar-refractivity contribution in [3.63, 3.8) is 0 Å². The zero-order valence-corrected chi connectivity index (χ0v) is 16.1. The van der Waals surface area contributed by atoms with Crippen LogP contribution < -0.4 is 5.32 Å². The number of aryl methyl sites for hydroxylation is 1. The van der Waals surface area contributed by atoms with Crippen molar-refractivity contribution in [1.82, 2.24) is 14.8 Å². The molecule has 8 nitrogen and oxygen atoms in total. The summed E-state index contributed by atoms with van der Waals surface area (Å²) in [5.41, 5.74) is 2.89. The standard InChI is InChI=1S/C20H23N3O5/c1-13-11-16(14(2)23(13)12-17-5-4-10-27-17)6-7-18(24)28-15(3)19(25)22-9-8-21-20(22)26/h4-7,10-11,15H,8-9,12H2,1-3H3,(H,21,26)/b7-6+/t15-/m0/s1. The normalized spacial score (nSPS) is 15.1. The number of furan rings is 1. The van der Waals surface area contributed by atoms with Crippen molar-refractivity contribution < 1.29 is 23.5 Å². The number of esters is 1. The predicted molar refractivity (Wildman–Crippen MR) is 101 cm³/mol. The van der Waals surface area contributed by atoms with Crippen LogP contribution in [0.15, 0.2) is 35.0 Å². The van der Waals surface area contributed by atoms with Crippen molar-refractivity contribution in [3.8, 4) is 0 Å². The third kappa shape index (κ3) is 4.16. The minimum absolute atomic E-state index is 0.275. The largest absolute Gasteiger partial charge is 0.467 e. The fourth-order valence-corrected chi connectivity index (χ4v) is 3.12. The molecule has 1 N–H and O–H groups in total. The fourth-order valence-electron chi connectivity index (χ4n) is 3.12. The highest BCUT2D eigenvalue weighted by Crippen LogP contribution is 2.19. The Morgan fingerprint density at radius 2 is 2.18 bits per heavy atom. The molecule has 8 heteroatoms. The summed E-state index contributed by atoms with van der Waals surface area (Å²) in [6.45, 7) is 6.67. The third-order valence-electron chi connectivity index (χ3n) is 4.67. The highest BCUT2D eigenvalue weighted by Gasteiger charge is 2.31. The van der Waals surface area contributed by atoms with Gasteiger partial charge in [0.05, 0.1) is 12.8 Å². The number of imide groups is 1. The average molecular weight is 385 g/mol. The quantitative estimate of drug-likeness (QED) is 0.608. The molecule has 28 heavy (non-hydrogen) atoms. The maximum absolute atomic E-state index is 12.2. The molecule has 0 aliphatic carbocycles. The van der Waals surface area contributed by atoms with Gasteiger partial charge in [-0.25, -0.2) is 9.59 Å². The number of amides is 3. The Morgan fingerprint density at radius 3 is 2.82 bits per heavy atom. The molecule has 1 aliphatic rings. The summed E-state index contributed by atoms with van der Waals surface area (Å²) in [7, 11) is 0. The molecule has 1 fully saturated rings. The van der Waals surface area contributed by atoms with E-state index in [-0.39, 0.29) is 6.54 Å². The van der Waals surface area contributed by atoms with Gasteiger partial charge in [0.2, 0.25) is 0 Å². The monoisotopic (exact) mass is 385 g/mol. The van der Waals surface area contributed by atoms with E-state index in [0.29, 0.717) is 13.1 Å². The first-order chi connectivity index (χ1) is 13.4. The highest BCUT2D eigenvalue weighted by atomic mass is 16.5. The van der Waals surface area contributed by atoms with E-state index in [2.05, 4.69) is 9.88 Å². The van der Waals surface area contributed by atoms with Crippen molar-refractivity contribution in [1.29, 1.82) is 0 Å². The smallest absolute Gasteiger partial charge is 0.331 e. The Hall–Kier alpha value is -3.29. The van der Waals surface area contributed by atoms with Gasteiger partial charge in [-0.1, -0.05) is 0 Å². The molecule has 0 saturated carbocycles. The van der Waals surface area contributed by atoms with Gasteiger partial charge in [0.15, 0.2) is 6.10 Å². The third-order valence-corrected chi connectivity index (χ3v) is 4.67. The molecule has 1 aliphatic heterocycles. The number of rotatable bonds is 6. The molecular formula is C20H23N3O5. The van der Waals surface area contributed by atoms with E-state index >= 15 is 0 Å². The fraction of sp³-hybridized carbons (Fsp3) is 0.350. The Balaban J connectivity index is 1.62. The molecule has 3 rings (SSSR count). The summed E-state index contributed by atoms with van der Waals surface area (Å²) in [5.74, 6) is -0.334. The molecule has 0 spiro atoms. The molecule has 3 amide bonds. The first kappa shape index (κ1) is 19.5. The number of urea groups is 1. The van der Waals surface area contributed by atoms with Gasteiger partial charge >= 0.3 is 12.0 Å². The zero-order chi connectivity index (χ0) is 20.3. The van der Waals surface area contributed by atoms with Gasteiger partial charge < -0.3 is 19.0 Å². The summed E-state index contributed by atoms with van der Waals surface area (Å²) in [4.78, 5) is 36.8. The van der Waals surface area contributed by atoms with Gasteiger partial charge in [-0.3, -0.25) is 9.69 Å². The van der Waals surface area contributed by atoms with E-state index in [1.54, 1.807) is 12.3 Å². The molecular weight excluding hydrogens is 362 g/mol. The number of nitrogens with one attached hydrogen (secondary N) is 1. The Kier molecular flexibility index (Phi) is 5.67. The maximum Gasteiger partial charge on any atom is 0.331 e. The molecule has 0 bridgehead atoms. The van der Waals surface area contributed by atoms with Crippen molar-refractivity contribution >= 4 is 24.0 Å². The summed E-state index contributed by atoms with van der Waals surface area (Å²) in [6, 6.07) is 5.25. The number of ether oxygens (including phenoxy) is 1. The van der Waals surface area contributed by atoms with Crippen molar-refractivity contribution in [2.24, 2.45) is 0 Å². The first-order valence-corrected chi connectivity index (χ1v) is 9.04. The Morgan fingerprint density at radius 1 is 1.39 bits per heavy atom. The van der Waals surface area contributed by atoms with Gasteiger partial charge in [0.1, 0.15) is 5.76 Å². The SMILES string of the molecule is Cc1cc(/C=C/C(=O)O[C@@H](C)C(=O)N2CCNC2=O)c(C)n1Cc1ccco1. The predicted octanol–water partition coefficient (Wildman–Crippen LogP) is 2.24. The molecule has 1 saturated heterocycles. The van der Waals surface area contributed by atoms with Gasteiger partial charge in [0, 0.05) is 30.6 Å². The number of aromatic nitrogens is 1. The van der Waals surface area contributed by atoms with E-state index in [1.165, 1.54) is 13.0 Å². The maximum atomic E-state index is 12.2. The van der Waals surface area contributed by atoms with Crippen LogP contribution in [0.1, 0.15) is 29.6 Å². The van der Waals surface area contributed by atoms with E-state index in [1.807, 2.05) is 32.0 Å². The van der Waals surface area contributed by atoms with Gasteiger partial charge in [-0.15, -0.1) is 0 Å². The lowest BCUT2D eigenvalue weighted by Gasteiger charge is -2.17. The topological polar surface area (TPSA) is 93.8 Å². The summed E-state index contributed by atoms with van der Waals surface area (Å²) >= 11 is 0. The van der Waals surface area contributed by atoms with Crippen LogP contribution in [0.3, 0.4) is 0 Å². The van der Waals surface area contributed by atoms with Crippen LogP contribution in [-0.2, 0) is 20.9 Å². The molecule has 0 radical (unpaired) electrons. The van der Waals surface area contributed by atoms with E-state index in [4.69, 9.17) is 9.15 Å². The first-order valence-electron chi connectivity index (χ1n) is 9.04. The van der Waals surface area contributed by atoms with Crippen LogP contribution in [-0.4, -0.2) is 46.6 Å². The number of carbonyl (C=O) groups is 3. The van der Waals surface area contributed by atoms with Gasteiger partial charge in [0.25, 0.3) is 5.91 Å². The van der Waals surface area contributed by atoms with E-state index in [0.717, 1.165) is 27.6 Å². The van der Waals surface area contributed by atoms with Crippen molar-refractivity contribution in [3.05, 3.63) is 53.2 Å². The molecule has 1 atom stereocenters. The van der Waals surface area contributed by atoms with Crippen LogP contribution in [0, 0.1) is 13.8 Å². The van der Waals surface area contributed by atoms with Crippen molar-refractivity contribution in [2.75, 3.05) is 13.1 Å². The zero-order valence-electron chi connectivity index (χ0n) is 16.1. The van der Waals surface area contributed by atoms with E-state index in [9.17, 15) is 14.4 Å². The summed E-state index contributed by atoms with van der Waals surface area (Å²) in [5, 5.41) is 2.54.